The maximum atomic E-state index is 12.2. The van der Waals surface area contributed by atoms with Gasteiger partial charge in [0.25, 0.3) is 5.91 Å². The van der Waals surface area contributed by atoms with Crippen molar-refractivity contribution in [1.82, 2.24) is 15.5 Å². The normalized spacial score (nSPS) is 11.8. The van der Waals surface area contributed by atoms with Gasteiger partial charge in [0.2, 0.25) is 11.7 Å². The van der Waals surface area contributed by atoms with Gasteiger partial charge in [0, 0.05) is 15.1 Å². The average Bonchev–Trinajstić information content (AvgIpc) is 3.10. The fourth-order valence-electron chi connectivity index (χ4n) is 2.15. The highest BCUT2D eigenvalue weighted by Crippen LogP contribution is 2.20. The SMILES string of the molecule is CC(Oc1ccc(Cl)cc1)C(=O)NCc1nc(-c2cccc(Br)c2)no1. The first-order chi connectivity index (χ1) is 12.5. The van der Waals surface area contributed by atoms with Crippen molar-refractivity contribution in [3.05, 3.63) is 63.9 Å². The van der Waals surface area contributed by atoms with E-state index in [0.29, 0.717) is 22.5 Å². The van der Waals surface area contributed by atoms with Gasteiger partial charge < -0.3 is 14.6 Å². The van der Waals surface area contributed by atoms with Crippen LogP contribution in [0.3, 0.4) is 0 Å². The number of ether oxygens (including phenoxy) is 1. The van der Waals surface area contributed by atoms with Crippen LogP contribution in [0.4, 0.5) is 0 Å². The molecule has 0 saturated carbocycles. The fourth-order valence-corrected chi connectivity index (χ4v) is 2.67. The van der Waals surface area contributed by atoms with E-state index in [1.807, 2.05) is 24.3 Å². The molecule has 26 heavy (non-hydrogen) atoms. The van der Waals surface area contributed by atoms with E-state index in [1.54, 1.807) is 31.2 Å². The minimum absolute atomic E-state index is 0.119. The van der Waals surface area contributed by atoms with Gasteiger partial charge in [-0.1, -0.05) is 44.8 Å². The molecule has 0 saturated heterocycles. The predicted octanol–water partition coefficient (Wildman–Crippen LogP) is 4.24. The van der Waals surface area contributed by atoms with Gasteiger partial charge >= 0.3 is 0 Å². The topological polar surface area (TPSA) is 77.2 Å². The molecule has 8 heteroatoms. The molecular weight excluding hydrogens is 422 g/mol. The van der Waals surface area contributed by atoms with Crippen LogP contribution in [0, 0.1) is 0 Å². The smallest absolute Gasteiger partial charge is 0.261 e. The molecule has 2 aromatic carbocycles. The van der Waals surface area contributed by atoms with Crippen LogP contribution in [0.2, 0.25) is 5.02 Å². The number of nitrogens with one attached hydrogen (secondary N) is 1. The van der Waals surface area contributed by atoms with E-state index in [2.05, 4.69) is 31.4 Å². The standard InChI is InChI=1S/C18H15BrClN3O3/c1-11(25-15-7-5-14(20)6-8-15)18(24)21-10-16-22-17(23-26-16)12-3-2-4-13(19)9-12/h2-9,11H,10H2,1H3,(H,21,24). The summed E-state index contributed by atoms with van der Waals surface area (Å²) in [6, 6.07) is 14.4. The van der Waals surface area contributed by atoms with Crippen LogP contribution in [0.1, 0.15) is 12.8 Å². The molecule has 3 rings (SSSR count). The Bertz CT molecular complexity index is 899. The molecule has 0 radical (unpaired) electrons. The van der Waals surface area contributed by atoms with E-state index >= 15 is 0 Å². The summed E-state index contributed by atoms with van der Waals surface area (Å²) in [5, 5.41) is 7.24. The zero-order valence-corrected chi connectivity index (χ0v) is 16.1. The largest absolute Gasteiger partial charge is 0.481 e. The molecular formula is C18H15BrClN3O3. The number of benzene rings is 2. The van der Waals surface area contributed by atoms with E-state index in [1.165, 1.54) is 0 Å². The summed E-state index contributed by atoms with van der Waals surface area (Å²) in [6.45, 7) is 1.78. The number of halogens is 2. The van der Waals surface area contributed by atoms with E-state index in [4.69, 9.17) is 20.9 Å². The summed E-state index contributed by atoms with van der Waals surface area (Å²) in [6.07, 6.45) is -0.677. The lowest BCUT2D eigenvalue weighted by Crippen LogP contribution is -2.35. The molecule has 134 valence electrons. The maximum absolute atomic E-state index is 12.2. The van der Waals surface area contributed by atoms with E-state index in [9.17, 15) is 4.79 Å². The molecule has 0 bridgehead atoms. The number of rotatable bonds is 6. The van der Waals surface area contributed by atoms with E-state index < -0.39 is 6.10 Å². The van der Waals surface area contributed by atoms with Gasteiger partial charge in [-0.05, 0) is 43.3 Å². The molecule has 1 unspecified atom stereocenters. The van der Waals surface area contributed by atoms with Gasteiger partial charge in [0.05, 0.1) is 6.54 Å². The number of carbonyl (C=O) groups excluding carboxylic acids is 1. The third-order valence-corrected chi connectivity index (χ3v) is 4.21. The van der Waals surface area contributed by atoms with Crippen LogP contribution in [0.15, 0.2) is 57.5 Å². The van der Waals surface area contributed by atoms with Gasteiger partial charge in [-0.15, -0.1) is 0 Å². The average molecular weight is 437 g/mol. The molecule has 1 heterocycles. The van der Waals surface area contributed by atoms with Gasteiger partial charge in [-0.2, -0.15) is 4.98 Å². The quantitative estimate of drug-likeness (QED) is 0.625. The van der Waals surface area contributed by atoms with Crippen molar-refractivity contribution in [3.8, 4) is 17.1 Å². The Morgan fingerprint density at radius 3 is 2.81 bits per heavy atom. The fraction of sp³-hybridized carbons (Fsp3) is 0.167. The Labute approximate surface area is 163 Å². The summed E-state index contributed by atoms with van der Waals surface area (Å²) in [5.74, 6) is 1.04. The number of hydrogen-bond acceptors (Lipinski definition) is 5. The van der Waals surface area contributed by atoms with Gasteiger partial charge in [-0.3, -0.25) is 4.79 Å². The van der Waals surface area contributed by atoms with Gasteiger partial charge in [0.1, 0.15) is 5.75 Å². The molecule has 1 amide bonds. The minimum atomic E-state index is -0.677. The Hall–Kier alpha value is -2.38. The highest BCUT2D eigenvalue weighted by molar-refractivity contribution is 9.10. The molecule has 0 aliphatic rings. The monoisotopic (exact) mass is 435 g/mol. The highest BCUT2D eigenvalue weighted by atomic mass is 79.9. The molecule has 0 aliphatic heterocycles. The molecule has 0 spiro atoms. The van der Waals surface area contributed by atoms with Crippen molar-refractivity contribution in [1.29, 1.82) is 0 Å². The summed E-state index contributed by atoms with van der Waals surface area (Å²) in [7, 11) is 0. The lowest BCUT2D eigenvalue weighted by atomic mass is 10.2. The first-order valence-corrected chi connectivity index (χ1v) is 8.97. The first kappa shape index (κ1) is 18.4. The summed E-state index contributed by atoms with van der Waals surface area (Å²) in [4.78, 5) is 16.4. The van der Waals surface area contributed by atoms with Crippen LogP contribution < -0.4 is 10.1 Å². The van der Waals surface area contributed by atoms with Crippen molar-refractivity contribution in [3.63, 3.8) is 0 Å². The van der Waals surface area contributed by atoms with Crippen molar-refractivity contribution in [2.75, 3.05) is 0 Å². The number of carbonyl (C=O) groups is 1. The van der Waals surface area contributed by atoms with Crippen LogP contribution in [-0.2, 0) is 11.3 Å². The van der Waals surface area contributed by atoms with Crippen LogP contribution in [0.25, 0.3) is 11.4 Å². The van der Waals surface area contributed by atoms with E-state index in [-0.39, 0.29) is 12.5 Å². The summed E-state index contributed by atoms with van der Waals surface area (Å²) < 4.78 is 11.7. The van der Waals surface area contributed by atoms with Crippen molar-refractivity contribution >= 4 is 33.4 Å². The minimum Gasteiger partial charge on any atom is -0.481 e. The Morgan fingerprint density at radius 1 is 1.31 bits per heavy atom. The lowest BCUT2D eigenvalue weighted by molar-refractivity contribution is -0.127. The van der Waals surface area contributed by atoms with Gasteiger partial charge in [0.15, 0.2) is 6.10 Å². The number of hydrogen-bond donors (Lipinski definition) is 1. The van der Waals surface area contributed by atoms with E-state index in [0.717, 1.165) is 10.0 Å². The molecule has 6 nitrogen and oxygen atoms in total. The number of amides is 1. The third-order valence-electron chi connectivity index (χ3n) is 3.46. The van der Waals surface area contributed by atoms with Crippen LogP contribution in [0.5, 0.6) is 5.75 Å². The first-order valence-electron chi connectivity index (χ1n) is 7.80. The second kappa shape index (κ2) is 8.33. The van der Waals surface area contributed by atoms with Gasteiger partial charge in [-0.25, -0.2) is 0 Å². The molecule has 1 atom stereocenters. The van der Waals surface area contributed by atoms with Crippen molar-refractivity contribution in [2.45, 2.75) is 19.6 Å². The molecule has 1 aromatic heterocycles. The second-order valence-electron chi connectivity index (χ2n) is 5.45. The Morgan fingerprint density at radius 2 is 2.08 bits per heavy atom. The summed E-state index contributed by atoms with van der Waals surface area (Å²) >= 11 is 9.22. The molecule has 1 N–H and O–H groups in total. The molecule has 0 fully saturated rings. The van der Waals surface area contributed by atoms with Crippen LogP contribution >= 0.6 is 27.5 Å². The second-order valence-corrected chi connectivity index (χ2v) is 6.81. The zero-order valence-electron chi connectivity index (χ0n) is 13.8. The maximum Gasteiger partial charge on any atom is 0.261 e. The van der Waals surface area contributed by atoms with Crippen LogP contribution in [-0.4, -0.2) is 22.2 Å². The highest BCUT2D eigenvalue weighted by Gasteiger charge is 2.16. The predicted molar refractivity (Wildman–Crippen MR) is 101 cm³/mol. The summed E-state index contributed by atoms with van der Waals surface area (Å²) in [5.41, 5.74) is 0.820. The molecule has 0 aliphatic carbocycles. The number of nitrogens with zero attached hydrogens (tertiary/aromatic N) is 2. The van der Waals surface area contributed by atoms with Crippen molar-refractivity contribution in [2.24, 2.45) is 0 Å². The Balaban J connectivity index is 1.55. The zero-order chi connectivity index (χ0) is 18.5. The molecule has 3 aromatic rings. The Kier molecular flexibility index (Phi) is 5.90. The number of aromatic nitrogens is 2. The third kappa shape index (κ3) is 4.83. The van der Waals surface area contributed by atoms with Crippen molar-refractivity contribution < 1.29 is 14.1 Å². The lowest BCUT2D eigenvalue weighted by Gasteiger charge is -2.13.